The zero-order chi connectivity index (χ0) is 36.1. The number of aliphatic hydroxyl groups excluding tert-OH is 6. The third-order valence-electron chi connectivity index (χ3n) is 10.1. The normalized spacial score (nSPS) is 23.0. The van der Waals surface area contributed by atoms with E-state index in [-0.39, 0.29) is 6.61 Å². The molecule has 0 aromatic carbocycles. The molecule has 1 saturated heterocycles. The Hall–Kier alpha value is -0.850. The van der Waals surface area contributed by atoms with Gasteiger partial charge >= 0.3 is 0 Å². The number of hydrogen-bond donors (Lipinski definition) is 7. The predicted octanol–water partition coefficient (Wildman–Crippen LogP) is 6.19. The van der Waals surface area contributed by atoms with Crippen molar-refractivity contribution in [3.63, 3.8) is 0 Å². The van der Waals surface area contributed by atoms with Crippen LogP contribution in [0.5, 0.6) is 0 Å². The Morgan fingerprint density at radius 2 is 1.02 bits per heavy atom. The fourth-order valence-corrected chi connectivity index (χ4v) is 6.64. The van der Waals surface area contributed by atoms with Crippen molar-refractivity contribution in [1.82, 2.24) is 5.32 Å². The van der Waals surface area contributed by atoms with E-state index in [4.69, 9.17) is 9.47 Å². The van der Waals surface area contributed by atoms with Gasteiger partial charge in [-0.15, -0.1) is 0 Å². The molecule has 0 aliphatic carbocycles. The summed E-state index contributed by atoms with van der Waals surface area (Å²) in [7, 11) is 0. The average molecular weight is 704 g/mol. The number of hydrogen-bond acceptors (Lipinski definition) is 9. The molecule has 0 radical (unpaired) electrons. The van der Waals surface area contributed by atoms with Crippen molar-refractivity contribution in [3.05, 3.63) is 0 Å². The van der Waals surface area contributed by atoms with E-state index in [0.717, 1.165) is 44.9 Å². The lowest BCUT2D eigenvalue weighted by atomic mass is 9.99. The monoisotopic (exact) mass is 704 g/mol. The lowest BCUT2D eigenvalue weighted by Gasteiger charge is -2.40. The molecule has 8 unspecified atom stereocenters. The minimum atomic E-state index is -1.59. The molecule has 0 aromatic rings. The zero-order valence-corrected chi connectivity index (χ0v) is 31.3. The van der Waals surface area contributed by atoms with Crippen molar-refractivity contribution >= 4 is 5.91 Å². The number of unbranched alkanes of at least 4 members (excludes halogenated alkanes) is 22. The van der Waals surface area contributed by atoms with Gasteiger partial charge in [-0.1, -0.05) is 168 Å². The molecule has 1 heterocycles. The first kappa shape index (κ1) is 46.2. The van der Waals surface area contributed by atoms with E-state index in [1.165, 1.54) is 109 Å². The van der Waals surface area contributed by atoms with Gasteiger partial charge in [-0.2, -0.15) is 0 Å². The number of aliphatic hydroxyl groups is 6. The SMILES string of the molecule is CCCCCCCCCCCCCCC(O)C(=O)NC(COC1OC(CO)C(O)C(O)C1O)C(O)CCCCCCCCCCCCCC. The van der Waals surface area contributed by atoms with Gasteiger partial charge in [-0.3, -0.25) is 4.79 Å². The molecule has 1 aliphatic heterocycles. The number of carbonyl (C=O) groups excluding carboxylic acids is 1. The van der Waals surface area contributed by atoms with Gasteiger partial charge in [0.15, 0.2) is 6.29 Å². The molecule has 0 aromatic heterocycles. The van der Waals surface area contributed by atoms with E-state index in [1.54, 1.807) is 0 Å². The summed E-state index contributed by atoms with van der Waals surface area (Å²) in [5.41, 5.74) is 0. The van der Waals surface area contributed by atoms with E-state index in [9.17, 15) is 35.4 Å². The molecule has 1 amide bonds. The van der Waals surface area contributed by atoms with Crippen LogP contribution in [-0.2, 0) is 14.3 Å². The molecule has 0 spiro atoms. The zero-order valence-electron chi connectivity index (χ0n) is 31.3. The van der Waals surface area contributed by atoms with Crippen LogP contribution in [0.25, 0.3) is 0 Å². The van der Waals surface area contributed by atoms with Crippen molar-refractivity contribution in [2.75, 3.05) is 13.2 Å². The second kappa shape index (κ2) is 30.7. The minimum Gasteiger partial charge on any atom is -0.394 e. The van der Waals surface area contributed by atoms with E-state index in [0.29, 0.717) is 12.8 Å². The standard InChI is InChI=1S/C39H77NO9/c1-3-5-7-9-11-13-15-17-19-21-23-25-27-32(42)31(30-48-39-37(46)36(45)35(44)34(29-41)49-39)40-38(47)33(43)28-26-24-22-20-18-16-14-12-10-8-6-4-2/h31-37,39,41-46H,3-30H2,1-2H3,(H,40,47). The maximum Gasteiger partial charge on any atom is 0.249 e. The van der Waals surface area contributed by atoms with Crippen LogP contribution in [0.1, 0.15) is 181 Å². The molecular formula is C39H77NO9. The van der Waals surface area contributed by atoms with Crippen LogP contribution in [0.4, 0.5) is 0 Å². The van der Waals surface area contributed by atoms with Crippen LogP contribution in [0.3, 0.4) is 0 Å². The van der Waals surface area contributed by atoms with E-state index in [1.807, 2.05) is 0 Å². The first-order valence-corrected chi connectivity index (χ1v) is 20.3. The smallest absolute Gasteiger partial charge is 0.249 e. The maximum atomic E-state index is 13.0. The fraction of sp³-hybridized carbons (Fsp3) is 0.974. The van der Waals surface area contributed by atoms with Gasteiger partial charge in [0.05, 0.1) is 25.4 Å². The molecule has 0 bridgehead atoms. The van der Waals surface area contributed by atoms with Crippen molar-refractivity contribution in [3.8, 4) is 0 Å². The highest BCUT2D eigenvalue weighted by Gasteiger charge is 2.44. The van der Waals surface area contributed by atoms with Gasteiger partial charge in [-0.25, -0.2) is 0 Å². The highest BCUT2D eigenvalue weighted by Crippen LogP contribution is 2.23. The molecular weight excluding hydrogens is 626 g/mol. The second-order valence-corrected chi connectivity index (χ2v) is 14.6. The highest BCUT2D eigenvalue weighted by atomic mass is 16.7. The van der Waals surface area contributed by atoms with Gasteiger partial charge in [0, 0.05) is 0 Å². The summed E-state index contributed by atoms with van der Waals surface area (Å²) in [4.78, 5) is 13.0. The lowest BCUT2D eigenvalue weighted by Crippen LogP contribution is -2.60. The summed E-state index contributed by atoms with van der Waals surface area (Å²) in [5.74, 6) is -0.584. The second-order valence-electron chi connectivity index (χ2n) is 14.6. The summed E-state index contributed by atoms with van der Waals surface area (Å²) >= 11 is 0. The number of carbonyl (C=O) groups is 1. The van der Waals surface area contributed by atoms with Crippen molar-refractivity contribution < 1.29 is 44.9 Å². The van der Waals surface area contributed by atoms with E-state index in [2.05, 4.69) is 19.2 Å². The predicted molar refractivity (Wildman–Crippen MR) is 195 cm³/mol. The van der Waals surface area contributed by atoms with Crippen molar-refractivity contribution in [2.24, 2.45) is 0 Å². The highest BCUT2D eigenvalue weighted by molar-refractivity contribution is 5.80. The van der Waals surface area contributed by atoms with Crippen LogP contribution in [0, 0.1) is 0 Å². The lowest BCUT2D eigenvalue weighted by molar-refractivity contribution is -0.302. The summed E-state index contributed by atoms with van der Waals surface area (Å²) < 4.78 is 11.1. The molecule has 1 aliphatic rings. The summed E-state index contributed by atoms with van der Waals surface area (Å²) in [6.07, 6.45) is 20.1. The first-order valence-electron chi connectivity index (χ1n) is 20.3. The Balaban J connectivity index is 2.47. The van der Waals surface area contributed by atoms with Crippen LogP contribution in [-0.4, -0.2) is 98.7 Å². The third-order valence-corrected chi connectivity index (χ3v) is 10.1. The Morgan fingerprint density at radius 1 is 0.612 bits per heavy atom. The maximum absolute atomic E-state index is 13.0. The van der Waals surface area contributed by atoms with Crippen LogP contribution in [0.2, 0.25) is 0 Å². The summed E-state index contributed by atoms with van der Waals surface area (Å²) in [6, 6.07) is -0.885. The number of rotatable bonds is 33. The molecule has 7 N–H and O–H groups in total. The Kier molecular flexibility index (Phi) is 29.0. The molecule has 292 valence electrons. The molecule has 10 nitrogen and oxygen atoms in total. The number of amides is 1. The largest absolute Gasteiger partial charge is 0.394 e. The van der Waals surface area contributed by atoms with E-state index >= 15 is 0 Å². The van der Waals surface area contributed by atoms with Gasteiger partial charge in [0.1, 0.15) is 30.5 Å². The van der Waals surface area contributed by atoms with Crippen LogP contribution >= 0.6 is 0 Å². The Labute approximate surface area is 298 Å². The van der Waals surface area contributed by atoms with Crippen molar-refractivity contribution in [2.45, 2.75) is 230 Å². The molecule has 49 heavy (non-hydrogen) atoms. The van der Waals surface area contributed by atoms with Crippen molar-refractivity contribution in [1.29, 1.82) is 0 Å². The summed E-state index contributed by atoms with van der Waals surface area (Å²) in [5, 5.41) is 64.5. The molecule has 0 saturated carbocycles. The number of ether oxygens (including phenoxy) is 2. The fourth-order valence-electron chi connectivity index (χ4n) is 6.64. The molecule has 1 fully saturated rings. The Bertz CT molecular complexity index is 758. The topological polar surface area (TPSA) is 169 Å². The van der Waals surface area contributed by atoms with Crippen LogP contribution < -0.4 is 5.32 Å². The van der Waals surface area contributed by atoms with Gasteiger partial charge < -0.3 is 45.4 Å². The quantitative estimate of drug-likeness (QED) is 0.0394. The minimum absolute atomic E-state index is 0.251. The molecule has 10 heteroatoms. The first-order chi connectivity index (χ1) is 23.8. The van der Waals surface area contributed by atoms with Gasteiger partial charge in [0.2, 0.25) is 5.91 Å². The molecule has 8 atom stereocenters. The van der Waals surface area contributed by atoms with Gasteiger partial charge in [0.25, 0.3) is 0 Å². The average Bonchev–Trinajstić information content (AvgIpc) is 3.10. The Morgan fingerprint density at radius 3 is 1.45 bits per heavy atom. The van der Waals surface area contributed by atoms with Crippen LogP contribution in [0.15, 0.2) is 0 Å². The summed E-state index contributed by atoms with van der Waals surface area (Å²) in [6.45, 7) is 3.64. The number of nitrogens with one attached hydrogen (secondary N) is 1. The third kappa shape index (κ3) is 22.0. The van der Waals surface area contributed by atoms with E-state index < -0.39 is 61.5 Å². The molecule has 1 rings (SSSR count). The van der Waals surface area contributed by atoms with Gasteiger partial charge in [-0.05, 0) is 12.8 Å².